The number of hydrogen-bond donors (Lipinski definition) is 0. The Balaban J connectivity index is 1.60. The predicted octanol–water partition coefficient (Wildman–Crippen LogP) is 3.36. The van der Waals surface area contributed by atoms with Gasteiger partial charge in [0, 0.05) is 13.1 Å². The average molecular weight is 392 g/mol. The van der Waals surface area contributed by atoms with E-state index in [1.165, 1.54) is 12.0 Å². The van der Waals surface area contributed by atoms with E-state index in [0.717, 1.165) is 25.9 Å². The quantitative estimate of drug-likeness (QED) is 0.749. The van der Waals surface area contributed by atoms with Gasteiger partial charge in [0.15, 0.2) is 0 Å². The molecule has 0 radical (unpaired) electrons. The highest BCUT2D eigenvalue weighted by Gasteiger charge is 2.35. The zero-order chi connectivity index (χ0) is 20.5. The summed E-state index contributed by atoms with van der Waals surface area (Å²) in [5, 5.41) is 0. The molecule has 0 bridgehead atoms. The minimum atomic E-state index is -0.306. The van der Waals surface area contributed by atoms with Crippen molar-refractivity contribution in [1.29, 1.82) is 0 Å². The molecule has 150 valence electrons. The molecule has 2 aromatic rings. The molecule has 0 N–H and O–H groups in total. The number of ether oxygens (including phenoxy) is 1. The normalized spacial score (nSPS) is 18.8. The van der Waals surface area contributed by atoms with Crippen molar-refractivity contribution < 1.29 is 19.1 Å². The molecule has 2 heterocycles. The summed E-state index contributed by atoms with van der Waals surface area (Å²) < 4.78 is 5.41. The van der Waals surface area contributed by atoms with Crippen LogP contribution in [0.1, 0.15) is 56.4 Å². The van der Waals surface area contributed by atoms with Gasteiger partial charge in [0.25, 0.3) is 17.7 Å². The number of piperidine rings is 1. The number of hydrogen-bond acceptors (Lipinski definition) is 4. The van der Waals surface area contributed by atoms with Crippen LogP contribution in [0.4, 0.5) is 0 Å². The Morgan fingerprint density at radius 2 is 1.79 bits per heavy atom. The van der Waals surface area contributed by atoms with Gasteiger partial charge in [0.1, 0.15) is 5.75 Å². The molecule has 1 unspecified atom stereocenters. The maximum Gasteiger partial charge on any atom is 0.261 e. The SMILES string of the molecule is COc1ccc(CN2C(=O)c3ccccc3C2=O)cc1C(=O)N1CCCC(C)C1. The first-order valence-corrected chi connectivity index (χ1v) is 9.91. The summed E-state index contributed by atoms with van der Waals surface area (Å²) in [6.45, 7) is 3.72. The minimum absolute atomic E-state index is 0.0717. The van der Waals surface area contributed by atoms with Gasteiger partial charge in [-0.3, -0.25) is 19.3 Å². The molecule has 2 aliphatic rings. The molecule has 6 heteroatoms. The number of benzene rings is 2. The van der Waals surface area contributed by atoms with Crippen LogP contribution < -0.4 is 4.74 Å². The van der Waals surface area contributed by atoms with Gasteiger partial charge in [0.2, 0.25) is 0 Å². The predicted molar refractivity (Wildman–Crippen MR) is 108 cm³/mol. The van der Waals surface area contributed by atoms with Gasteiger partial charge in [-0.05, 0) is 48.6 Å². The third-order valence-electron chi connectivity index (χ3n) is 5.66. The summed E-state index contributed by atoms with van der Waals surface area (Å²) in [5.41, 5.74) is 2.03. The molecule has 1 atom stereocenters. The second-order valence-corrected chi connectivity index (χ2v) is 7.78. The van der Waals surface area contributed by atoms with Gasteiger partial charge in [-0.1, -0.05) is 25.1 Å². The summed E-state index contributed by atoms with van der Waals surface area (Å²) in [7, 11) is 1.54. The molecule has 0 saturated carbocycles. The molecule has 2 aliphatic heterocycles. The molecule has 29 heavy (non-hydrogen) atoms. The monoisotopic (exact) mass is 392 g/mol. The van der Waals surface area contributed by atoms with Gasteiger partial charge < -0.3 is 9.64 Å². The van der Waals surface area contributed by atoms with Crippen LogP contribution in [-0.2, 0) is 6.54 Å². The zero-order valence-corrected chi connectivity index (χ0v) is 16.7. The lowest BCUT2D eigenvalue weighted by Crippen LogP contribution is -2.39. The Morgan fingerprint density at radius 3 is 2.41 bits per heavy atom. The number of nitrogens with zero attached hydrogens (tertiary/aromatic N) is 2. The smallest absolute Gasteiger partial charge is 0.261 e. The number of amides is 3. The highest BCUT2D eigenvalue weighted by atomic mass is 16.5. The lowest BCUT2D eigenvalue weighted by atomic mass is 9.99. The summed E-state index contributed by atoms with van der Waals surface area (Å²) in [5.74, 6) is 0.287. The van der Waals surface area contributed by atoms with Gasteiger partial charge in [0.05, 0.1) is 30.3 Å². The number of fused-ring (bicyclic) bond motifs is 1. The fraction of sp³-hybridized carbons (Fsp3) is 0.348. The van der Waals surface area contributed by atoms with Crippen LogP contribution in [0.3, 0.4) is 0 Å². The van der Waals surface area contributed by atoms with Crippen molar-refractivity contribution in [3.8, 4) is 5.75 Å². The molecule has 0 spiro atoms. The van der Waals surface area contributed by atoms with Crippen LogP contribution in [-0.4, -0.2) is 47.7 Å². The molecular weight excluding hydrogens is 368 g/mol. The first kappa shape index (κ1) is 19.2. The molecular formula is C23H24N2O4. The van der Waals surface area contributed by atoms with Crippen LogP contribution in [0.2, 0.25) is 0 Å². The lowest BCUT2D eigenvalue weighted by Gasteiger charge is -2.31. The second-order valence-electron chi connectivity index (χ2n) is 7.78. The molecule has 1 saturated heterocycles. The van der Waals surface area contributed by atoms with Crippen LogP contribution in [0.15, 0.2) is 42.5 Å². The van der Waals surface area contributed by atoms with E-state index in [1.807, 2.05) is 4.90 Å². The Kier molecular flexibility index (Phi) is 5.09. The molecule has 0 aliphatic carbocycles. The third-order valence-corrected chi connectivity index (χ3v) is 5.66. The summed E-state index contributed by atoms with van der Waals surface area (Å²) in [6.07, 6.45) is 2.12. The number of carbonyl (C=O) groups excluding carboxylic acids is 3. The van der Waals surface area contributed by atoms with Crippen molar-refractivity contribution >= 4 is 17.7 Å². The standard InChI is InChI=1S/C23H24N2O4/c1-15-6-5-11-24(13-15)21(26)19-12-16(9-10-20(19)29-2)14-25-22(27)17-7-3-4-8-18(17)23(25)28/h3-4,7-10,12,15H,5-6,11,13-14H2,1-2H3. The van der Waals surface area contributed by atoms with Gasteiger partial charge in [-0.15, -0.1) is 0 Å². The van der Waals surface area contributed by atoms with Gasteiger partial charge >= 0.3 is 0 Å². The second kappa shape index (κ2) is 7.70. The maximum absolute atomic E-state index is 13.1. The van der Waals surface area contributed by atoms with Crippen molar-refractivity contribution in [3.63, 3.8) is 0 Å². The van der Waals surface area contributed by atoms with Crippen molar-refractivity contribution in [2.24, 2.45) is 5.92 Å². The maximum atomic E-state index is 13.1. The third kappa shape index (κ3) is 3.50. The minimum Gasteiger partial charge on any atom is -0.496 e. The molecule has 2 aromatic carbocycles. The first-order chi connectivity index (χ1) is 14.0. The number of likely N-dealkylation sites (tertiary alicyclic amines) is 1. The summed E-state index contributed by atoms with van der Waals surface area (Å²) >= 11 is 0. The number of rotatable bonds is 4. The fourth-order valence-electron chi connectivity index (χ4n) is 4.13. The molecule has 1 fully saturated rings. The van der Waals surface area contributed by atoms with Crippen molar-refractivity contribution in [2.75, 3.05) is 20.2 Å². The van der Waals surface area contributed by atoms with Crippen LogP contribution >= 0.6 is 0 Å². The Hall–Kier alpha value is -3.15. The molecule has 6 nitrogen and oxygen atoms in total. The topological polar surface area (TPSA) is 66.9 Å². The van der Waals surface area contributed by atoms with Crippen molar-refractivity contribution in [2.45, 2.75) is 26.3 Å². The van der Waals surface area contributed by atoms with Crippen LogP contribution in [0.5, 0.6) is 5.75 Å². The fourth-order valence-corrected chi connectivity index (χ4v) is 4.13. The van der Waals surface area contributed by atoms with Crippen LogP contribution in [0, 0.1) is 5.92 Å². The van der Waals surface area contributed by atoms with Crippen molar-refractivity contribution in [1.82, 2.24) is 9.80 Å². The van der Waals surface area contributed by atoms with E-state index < -0.39 is 0 Å². The average Bonchev–Trinajstić information content (AvgIpc) is 2.98. The number of imide groups is 1. The molecule has 3 amide bonds. The van der Waals surface area contributed by atoms with E-state index >= 15 is 0 Å². The Bertz CT molecular complexity index is 950. The van der Waals surface area contributed by atoms with Crippen LogP contribution in [0.25, 0.3) is 0 Å². The van der Waals surface area contributed by atoms with E-state index in [2.05, 4.69) is 6.92 Å². The van der Waals surface area contributed by atoms with E-state index in [-0.39, 0.29) is 24.3 Å². The number of methoxy groups -OCH3 is 1. The van der Waals surface area contributed by atoms with E-state index in [1.54, 1.807) is 42.5 Å². The first-order valence-electron chi connectivity index (χ1n) is 9.91. The summed E-state index contributed by atoms with van der Waals surface area (Å²) in [4.78, 5) is 41.5. The molecule has 4 rings (SSSR count). The number of carbonyl (C=O) groups is 3. The zero-order valence-electron chi connectivity index (χ0n) is 16.7. The van der Waals surface area contributed by atoms with Gasteiger partial charge in [-0.25, -0.2) is 0 Å². The highest BCUT2D eigenvalue weighted by molar-refractivity contribution is 6.21. The summed E-state index contributed by atoms with van der Waals surface area (Å²) in [6, 6.07) is 12.1. The molecule has 0 aromatic heterocycles. The lowest BCUT2D eigenvalue weighted by molar-refractivity contribution is 0.0641. The van der Waals surface area contributed by atoms with E-state index in [4.69, 9.17) is 4.74 Å². The van der Waals surface area contributed by atoms with Crippen molar-refractivity contribution in [3.05, 3.63) is 64.7 Å². The Labute approximate surface area is 170 Å². The van der Waals surface area contributed by atoms with E-state index in [9.17, 15) is 14.4 Å². The Morgan fingerprint density at radius 1 is 1.10 bits per heavy atom. The largest absolute Gasteiger partial charge is 0.496 e. The van der Waals surface area contributed by atoms with E-state index in [0.29, 0.717) is 33.9 Å². The van der Waals surface area contributed by atoms with Gasteiger partial charge in [-0.2, -0.15) is 0 Å². The highest BCUT2D eigenvalue weighted by Crippen LogP contribution is 2.28.